The fourth-order valence-electron chi connectivity index (χ4n) is 2.01. The number of alkyl halides is 3. The third-order valence-electron chi connectivity index (χ3n) is 3.31. The van der Waals surface area contributed by atoms with E-state index in [1.165, 1.54) is 11.0 Å². The predicted molar refractivity (Wildman–Crippen MR) is 77.6 cm³/mol. The minimum atomic E-state index is -4.27. The Morgan fingerprint density at radius 3 is 2.57 bits per heavy atom. The number of anilines is 1. The molecule has 0 bridgehead atoms. The Bertz CT molecular complexity index is 487. The molecule has 0 spiro atoms. The van der Waals surface area contributed by atoms with Crippen molar-refractivity contribution in [1.29, 1.82) is 0 Å². The highest BCUT2D eigenvalue weighted by Gasteiger charge is 2.32. The summed E-state index contributed by atoms with van der Waals surface area (Å²) in [6, 6.07) is 3.33. The highest BCUT2D eigenvalue weighted by Crippen LogP contribution is 2.26. The van der Waals surface area contributed by atoms with Crippen LogP contribution in [0, 0.1) is 0 Å². The molecule has 118 valence electrons. The van der Waals surface area contributed by atoms with Crippen molar-refractivity contribution in [3.05, 3.63) is 22.8 Å². The van der Waals surface area contributed by atoms with Gasteiger partial charge in [-0.15, -0.1) is 0 Å². The molecule has 1 aliphatic carbocycles. The number of rotatable bonds is 6. The molecule has 1 aromatic rings. The van der Waals surface area contributed by atoms with Gasteiger partial charge < -0.3 is 10.2 Å². The van der Waals surface area contributed by atoms with Crippen molar-refractivity contribution in [2.45, 2.75) is 51.5 Å². The third kappa shape index (κ3) is 5.04. The van der Waals surface area contributed by atoms with Crippen molar-refractivity contribution in [3.8, 4) is 0 Å². The maximum Gasteiger partial charge on any atom is 0.405 e. The van der Waals surface area contributed by atoms with Crippen molar-refractivity contribution in [3.63, 3.8) is 0 Å². The second-order valence-corrected chi connectivity index (χ2v) is 6.00. The van der Waals surface area contributed by atoms with E-state index in [2.05, 4.69) is 10.3 Å². The van der Waals surface area contributed by atoms with Crippen LogP contribution in [0.2, 0.25) is 5.02 Å². The average Bonchev–Trinajstić information content (AvgIpc) is 3.18. The van der Waals surface area contributed by atoms with Gasteiger partial charge in [0.25, 0.3) is 0 Å². The number of nitrogens with one attached hydrogen (secondary N) is 1. The first-order valence-corrected chi connectivity index (χ1v) is 7.36. The number of pyridine rings is 1. The topological polar surface area (TPSA) is 28.2 Å². The molecule has 21 heavy (non-hydrogen) atoms. The zero-order valence-corrected chi connectivity index (χ0v) is 12.8. The molecule has 3 nitrogen and oxygen atoms in total. The van der Waals surface area contributed by atoms with E-state index in [1.54, 1.807) is 19.9 Å². The maximum absolute atomic E-state index is 12.7. The molecule has 0 unspecified atom stereocenters. The van der Waals surface area contributed by atoms with Crippen LogP contribution in [0.15, 0.2) is 12.1 Å². The SMILES string of the molecule is CC(C)N(CC(F)(F)F)c1ccc(Cl)c(CNC2CC2)n1. The number of halogens is 4. The summed E-state index contributed by atoms with van der Waals surface area (Å²) in [5.74, 6) is 0.305. The van der Waals surface area contributed by atoms with Crippen molar-refractivity contribution < 1.29 is 13.2 Å². The van der Waals surface area contributed by atoms with Crippen molar-refractivity contribution in [2.75, 3.05) is 11.4 Å². The third-order valence-corrected chi connectivity index (χ3v) is 3.65. The summed E-state index contributed by atoms with van der Waals surface area (Å²) in [4.78, 5) is 5.54. The summed E-state index contributed by atoms with van der Waals surface area (Å²) in [6.07, 6.45) is -2.01. The van der Waals surface area contributed by atoms with E-state index in [4.69, 9.17) is 11.6 Å². The van der Waals surface area contributed by atoms with Crippen molar-refractivity contribution in [1.82, 2.24) is 10.3 Å². The lowest BCUT2D eigenvalue weighted by Crippen LogP contribution is -2.39. The summed E-state index contributed by atoms with van der Waals surface area (Å²) in [7, 11) is 0. The van der Waals surface area contributed by atoms with Crippen LogP contribution < -0.4 is 10.2 Å². The number of hydrogen-bond acceptors (Lipinski definition) is 3. The molecule has 0 atom stereocenters. The van der Waals surface area contributed by atoms with Gasteiger partial charge in [0.1, 0.15) is 12.4 Å². The van der Waals surface area contributed by atoms with Gasteiger partial charge in [0, 0.05) is 18.6 Å². The second kappa shape index (κ2) is 6.40. The fraction of sp³-hybridized carbons (Fsp3) is 0.643. The second-order valence-electron chi connectivity index (χ2n) is 5.59. The molecule has 1 N–H and O–H groups in total. The van der Waals surface area contributed by atoms with E-state index in [9.17, 15) is 13.2 Å². The van der Waals surface area contributed by atoms with Crippen LogP contribution in [0.5, 0.6) is 0 Å². The highest BCUT2D eigenvalue weighted by molar-refractivity contribution is 6.31. The molecule has 1 aromatic heterocycles. The van der Waals surface area contributed by atoms with Crippen molar-refractivity contribution in [2.24, 2.45) is 0 Å². The van der Waals surface area contributed by atoms with E-state index in [-0.39, 0.29) is 6.04 Å². The highest BCUT2D eigenvalue weighted by atomic mass is 35.5. The molecular weight excluding hydrogens is 303 g/mol. The molecule has 1 saturated carbocycles. The minimum absolute atomic E-state index is 0.301. The maximum atomic E-state index is 12.7. The molecular formula is C14H19ClF3N3. The molecule has 1 fully saturated rings. The average molecular weight is 322 g/mol. The van der Waals surface area contributed by atoms with Crippen LogP contribution in [-0.4, -0.2) is 29.8 Å². The zero-order valence-electron chi connectivity index (χ0n) is 12.0. The van der Waals surface area contributed by atoms with Crippen LogP contribution >= 0.6 is 11.6 Å². The largest absolute Gasteiger partial charge is 0.405 e. The van der Waals surface area contributed by atoms with Gasteiger partial charge in [-0.3, -0.25) is 0 Å². The van der Waals surface area contributed by atoms with Crippen LogP contribution in [-0.2, 0) is 6.54 Å². The van der Waals surface area contributed by atoms with Gasteiger partial charge in [-0.2, -0.15) is 13.2 Å². The van der Waals surface area contributed by atoms with Crippen LogP contribution in [0.25, 0.3) is 0 Å². The van der Waals surface area contributed by atoms with Crippen LogP contribution in [0.4, 0.5) is 19.0 Å². The smallest absolute Gasteiger partial charge is 0.345 e. The first-order valence-electron chi connectivity index (χ1n) is 6.98. The number of aromatic nitrogens is 1. The first-order chi connectivity index (χ1) is 9.76. The lowest BCUT2D eigenvalue weighted by Gasteiger charge is -2.29. The Morgan fingerprint density at radius 1 is 1.38 bits per heavy atom. The monoisotopic (exact) mass is 321 g/mol. The summed E-state index contributed by atoms with van der Waals surface area (Å²) < 4.78 is 38.1. The molecule has 0 saturated heterocycles. The van der Waals surface area contributed by atoms with Gasteiger partial charge >= 0.3 is 6.18 Å². The summed E-state index contributed by atoms with van der Waals surface area (Å²) >= 11 is 6.07. The predicted octanol–water partition coefficient (Wildman–Crippen LogP) is 3.76. The first kappa shape index (κ1) is 16.4. The van der Waals surface area contributed by atoms with Gasteiger partial charge in [-0.1, -0.05) is 11.6 Å². The number of hydrogen-bond donors (Lipinski definition) is 1. The molecule has 0 aliphatic heterocycles. The lowest BCUT2D eigenvalue weighted by molar-refractivity contribution is -0.120. The molecule has 1 heterocycles. The van der Waals surface area contributed by atoms with Crippen LogP contribution in [0.3, 0.4) is 0 Å². The Hall–Kier alpha value is -1.01. The summed E-state index contributed by atoms with van der Waals surface area (Å²) in [5.41, 5.74) is 0.592. The molecule has 2 rings (SSSR count). The standard InChI is InChI=1S/C14H19ClF3N3/c1-9(2)21(8-14(16,17)18)13-6-5-11(15)12(20-13)7-19-10-3-4-10/h5-6,9-10,19H,3-4,7-8H2,1-2H3. The van der Waals surface area contributed by atoms with E-state index in [1.807, 2.05) is 0 Å². The molecule has 0 aromatic carbocycles. The van der Waals surface area contributed by atoms with Gasteiger partial charge in [0.15, 0.2) is 0 Å². The Labute approximate surface area is 127 Å². The Kier molecular flexibility index (Phi) is 4.99. The van der Waals surface area contributed by atoms with E-state index in [0.29, 0.717) is 29.1 Å². The van der Waals surface area contributed by atoms with Gasteiger partial charge in [-0.25, -0.2) is 4.98 Å². The zero-order chi connectivity index (χ0) is 15.6. The Morgan fingerprint density at radius 2 is 2.05 bits per heavy atom. The van der Waals surface area contributed by atoms with E-state index >= 15 is 0 Å². The van der Waals surface area contributed by atoms with Crippen LogP contribution in [0.1, 0.15) is 32.4 Å². The minimum Gasteiger partial charge on any atom is -0.345 e. The number of nitrogens with zero attached hydrogens (tertiary/aromatic N) is 2. The summed E-state index contributed by atoms with van der Waals surface area (Å²) in [5, 5.41) is 3.74. The van der Waals surface area contributed by atoms with Gasteiger partial charge in [0.2, 0.25) is 0 Å². The Balaban J connectivity index is 2.17. The normalized spacial score (nSPS) is 15.6. The lowest BCUT2D eigenvalue weighted by atomic mass is 10.2. The molecule has 0 radical (unpaired) electrons. The van der Waals surface area contributed by atoms with Gasteiger partial charge in [0.05, 0.1) is 10.7 Å². The fourth-order valence-corrected chi connectivity index (χ4v) is 2.18. The quantitative estimate of drug-likeness (QED) is 0.864. The van der Waals surface area contributed by atoms with E-state index in [0.717, 1.165) is 12.8 Å². The van der Waals surface area contributed by atoms with E-state index < -0.39 is 12.7 Å². The van der Waals surface area contributed by atoms with Gasteiger partial charge in [-0.05, 0) is 38.8 Å². The molecule has 0 amide bonds. The molecule has 1 aliphatic rings. The summed E-state index contributed by atoms with van der Waals surface area (Å²) in [6.45, 7) is 2.89. The molecule has 7 heteroatoms. The van der Waals surface area contributed by atoms with Crippen molar-refractivity contribution >= 4 is 17.4 Å².